The molecule has 2 rings (SSSR count). The van der Waals surface area contributed by atoms with E-state index in [1.165, 1.54) is 11.1 Å². The largest absolute Gasteiger partial charge is 0.354 e. The minimum atomic E-state index is -0.274. The molecule has 0 bridgehead atoms. The molecule has 1 amide bonds. The van der Waals surface area contributed by atoms with E-state index >= 15 is 0 Å². The summed E-state index contributed by atoms with van der Waals surface area (Å²) in [6, 6.07) is 8.31. The van der Waals surface area contributed by atoms with Gasteiger partial charge in [-0.1, -0.05) is 38.1 Å². The Morgan fingerprint density at radius 3 is 2.67 bits per heavy atom. The van der Waals surface area contributed by atoms with Crippen LogP contribution in [0.1, 0.15) is 56.6 Å². The van der Waals surface area contributed by atoms with Crippen LogP contribution in [-0.4, -0.2) is 18.0 Å². The Morgan fingerprint density at radius 1 is 1.33 bits per heavy atom. The zero-order chi connectivity index (χ0) is 14.6. The van der Waals surface area contributed by atoms with Gasteiger partial charge >= 0.3 is 0 Å². The molecule has 1 atom stereocenters. The second kappa shape index (κ2) is 7.81. The molecule has 0 saturated heterocycles. The summed E-state index contributed by atoms with van der Waals surface area (Å²) in [5.41, 5.74) is 8.50. The van der Waals surface area contributed by atoms with Gasteiger partial charge in [-0.15, -0.1) is 12.4 Å². The van der Waals surface area contributed by atoms with E-state index in [2.05, 4.69) is 37.4 Å². The fourth-order valence-electron chi connectivity index (χ4n) is 2.91. The molecule has 1 aliphatic rings. The predicted octanol–water partition coefficient (Wildman–Crippen LogP) is 3.16. The number of hydrogen-bond donors (Lipinski definition) is 2. The maximum Gasteiger partial charge on any atom is 0.227 e. The number of aryl methyl sites for hydroxylation is 1. The molecule has 3 N–H and O–H groups in total. The Hall–Kier alpha value is -1.06. The van der Waals surface area contributed by atoms with Crippen molar-refractivity contribution in [1.82, 2.24) is 5.32 Å². The van der Waals surface area contributed by atoms with Gasteiger partial charge in [-0.25, -0.2) is 0 Å². The van der Waals surface area contributed by atoms with Crippen molar-refractivity contribution in [3.63, 3.8) is 0 Å². The van der Waals surface area contributed by atoms with Crippen LogP contribution in [0, 0.1) is 0 Å². The number of benzene rings is 1. The van der Waals surface area contributed by atoms with Gasteiger partial charge in [0, 0.05) is 12.1 Å². The first-order valence-electron chi connectivity index (χ1n) is 7.74. The Balaban J connectivity index is 0.00000220. The normalized spacial score (nSPS) is 17.6. The minimum absolute atomic E-state index is 0. The Morgan fingerprint density at radius 2 is 2.00 bits per heavy atom. The molecule has 0 radical (unpaired) electrons. The lowest BCUT2D eigenvalue weighted by molar-refractivity contribution is -0.123. The topological polar surface area (TPSA) is 55.1 Å². The van der Waals surface area contributed by atoms with Crippen LogP contribution in [0.25, 0.3) is 0 Å². The molecule has 0 saturated carbocycles. The summed E-state index contributed by atoms with van der Waals surface area (Å²) in [5.74, 6) is 0.131. The first-order chi connectivity index (χ1) is 9.59. The molecule has 4 heteroatoms. The van der Waals surface area contributed by atoms with Gasteiger partial charge in [0.25, 0.3) is 0 Å². The van der Waals surface area contributed by atoms with Gasteiger partial charge in [-0.2, -0.15) is 0 Å². The summed E-state index contributed by atoms with van der Waals surface area (Å²) >= 11 is 0. The van der Waals surface area contributed by atoms with Crippen LogP contribution in [0.4, 0.5) is 0 Å². The average molecular weight is 311 g/mol. The summed E-state index contributed by atoms with van der Waals surface area (Å²) in [6.45, 7) is 4.72. The number of halogens is 1. The smallest absolute Gasteiger partial charge is 0.227 e. The lowest BCUT2D eigenvalue weighted by Crippen LogP contribution is -2.50. The molecule has 0 aliphatic heterocycles. The van der Waals surface area contributed by atoms with E-state index in [0.717, 1.165) is 32.1 Å². The SMILES string of the molecule is CCC(N)(CC)CNC(=O)C1CCCc2ccccc21.Cl. The molecule has 118 valence electrons. The summed E-state index contributed by atoms with van der Waals surface area (Å²) in [4.78, 5) is 12.5. The van der Waals surface area contributed by atoms with E-state index in [4.69, 9.17) is 5.73 Å². The lowest BCUT2D eigenvalue weighted by Gasteiger charge is -2.29. The molecule has 3 nitrogen and oxygen atoms in total. The third kappa shape index (κ3) is 4.21. The summed E-state index contributed by atoms with van der Waals surface area (Å²) in [7, 11) is 0. The quantitative estimate of drug-likeness (QED) is 0.877. The van der Waals surface area contributed by atoms with Crippen LogP contribution in [0.2, 0.25) is 0 Å². The molecule has 1 aliphatic carbocycles. The van der Waals surface area contributed by atoms with Gasteiger partial charge in [-0.3, -0.25) is 4.79 Å². The number of amides is 1. The van der Waals surface area contributed by atoms with Gasteiger partial charge in [0.15, 0.2) is 0 Å². The average Bonchev–Trinajstić information content (AvgIpc) is 2.51. The monoisotopic (exact) mass is 310 g/mol. The van der Waals surface area contributed by atoms with Gasteiger partial charge in [0.2, 0.25) is 5.91 Å². The summed E-state index contributed by atoms with van der Waals surface area (Å²) < 4.78 is 0. The fourth-order valence-corrected chi connectivity index (χ4v) is 2.91. The van der Waals surface area contributed by atoms with Gasteiger partial charge in [-0.05, 0) is 43.2 Å². The molecule has 1 aromatic carbocycles. The van der Waals surface area contributed by atoms with Crippen molar-refractivity contribution in [3.8, 4) is 0 Å². The van der Waals surface area contributed by atoms with Crippen LogP contribution in [0.3, 0.4) is 0 Å². The standard InChI is InChI=1S/C17H26N2O.ClH/c1-3-17(18,4-2)12-19-16(20)15-11-7-9-13-8-5-6-10-14(13)15;/h5-6,8,10,15H,3-4,7,9,11-12,18H2,1-2H3,(H,19,20);1H. The van der Waals surface area contributed by atoms with E-state index in [9.17, 15) is 4.79 Å². The second-order valence-corrected chi connectivity index (χ2v) is 5.93. The summed E-state index contributed by atoms with van der Waals surface area (Å²) in [6.07, 6.45) is 4.88. The van der Waals surface area contributed by atoms with Crippen LogP contribution >= 0.6 is 12.4 Å². The number of nitrogens with two attached hydrogens (primary N) is 1. The molecule has 0 heterocycles. The van der Waals surface area contributed by atoms with Crippen molar-refractivity contribution in [2.45, 2.75) is 57.4 Å². The molecular formula is C17H27ClN2O. The second-order valence-electron chi connectivity index (χ2n) is 5.93. The molecule has 21 heavy (non-hydrogen) atoms. The van der Waals surface area contributed by atoms with E-state index in [-0.39, 0.29) is 29.8 Å². The van der Waals surface area contributed by atoms with E-state index in [1.54, 1.807) is 0 Å². The minimum Gasteiger partial charge on any atom is -0.354 e. The van der Waals surface area contributed by atoms with Crippen LogP contribution in [0.5, 0.6) is 0 Å². The van der Waals surface area contributed by atoms with Gasteiger partial charge < -0.3 is 11.1 Å². The molecule has 0 aromatic heterocycles. The third-order valence-corrected chi connectivity index (χ3v) is 4.71. The number of fused-ring (bicyclic) bond motifs is 1. The predicted molar refractivity (Wildman–Crippen MR) is 89.9 cm³/mol. The van der Waals surface area contributed by atoms with Crippen LogP contribution in [-0.2, 0) is 11.2 Å². The molecule has 0 spiro atoms. The van der Waals surface area contributed by atoms with Crippen LogP contribution < -0.4 is 11.1 Å². The van der Waals surface area contributed by atoms with Crippen molar-refractivity contribution in [3.05, 3.63) is 35.4 Å². The number of hydrogen-bond acceptors (Lipinski definition) is 2. The highest BCUT2D eigenvalue weighted by Gasteiger charge is 2.28. The molecule has 1 unspecified atom stereocenters. The van der Waals surface area contributed by atoms with Gasteiger partial charge in [0.1, 0.15) is 0 Å². The Kier molecular flexibility index (Phi) is 6.69. The Bertz CT molecular complexity index is 472. The number of rotatable bonds is 5. The highest BCUT2D eigenvalue weighted by Crippen LogP contribution is 2.31. The maximum atomic E-state index is 12.5. The number of carbonyl (C=O) groups excluding carboxylic acids is 1. The van der Waals surface area contributed by atoms with Crippen molar-refractivity contribution in [2.75, 3.05) is 6.54 Å². The van der Waals surface area contributed by atoms with E-state index < -0.39 is 0 Å². The first-order valence-corrected chi connectivity index (χ1v) is 7.74. The van der Waals surface area contributed by atoms with Crippen LogP contribution in [0.15, 0.2) is 24.3 Å². The van der Waals surface area contributed by atoms with Crippen molar-refractivity contribution >= 4 is 18.3 Å². The third-order valence-electron chi connectivity index (χ3n) is 4.71. The van der Waals surface area contributed by atoms with Crippen molar-refractivity contribution < 1.29 is 4.79 Å². The zero-order valence-electron chi connectivity index (χ0n) is 13.0. The highest BCUT2D eigenvalue weighted by atomic mass is 35.5. The Labute approximate surface area is 134 Å². The fraction of sp³-hybridized carbons (Fsp3) is 0.588. The number of carbonyl (C=O) groups is 1. The first kappa shape index (κ1) is 18.0. The zero-order valence-corrected chi connectivity index (χ0v) is 13.8. The number of nitrogens with one attached hydrogen (secondary N) is 1. The molecule has 1 aromatic rings. The van der Waals surface area contributed by atoms with Crippen molar-refractivity contribution in [2.24, 2.45) is 5.73 Å². The lowest BCUT2D eigenvalue weighted by atomic mass is 9.82. The maximum absolute atomic E-state index is 12.5. The van der Waals surface area contributed by atoms with E-state index in [0.29, 0.717) is 6.54 Å². The van der Waals surface area contributed by atoms with Gasteiger partial charge in [0.05, 0.1) is 5.92 Å². The molecular weight excluding hydrogens is 284 g/mol. The summed E-state index contributed by atoms with van der Waals surface area (Å²) in [5, 5.41) is 3.07. The van der Waals surface area contributed by atoms with E-state index in [1.807, 2.05) is 6.07 Å². The van der Waals surface area contributed by atoms with Crippen molar-refractivity contribution in [1.29, 1.82) is 0 Å². The molecule has 0 fully saturated rings. The highest BCUT2D eigenvalue weighted by molar-refractivity contribution is 5.85.